The van der Waals surface area contributed by atoms with Gasteiger partial charge in [0.15, 0.2) is 5.78 Å². The second-order valence-corrected chi connectivity index (χ2v) is 7.07. The van der Waals surface area contributed by atoms with Gasteiger partial charge in [-0.15, -0.1) is 0 Å². The van der Waals surface area contributed by atoms with Gasteiger partial charge in [-0.05, 0) is 55.5 Å². The fraction of sp³-hybridized carbons (Fsp3) is 0.125. The van der Waals surface area contributed by atoms with Crippen molar-refractivity contribution in [1.29, 1.82) is 0 Å². The smallest absolute Gasteiger partial charge is 0.270 e. The predicted molar refractivity (Wildman–Crippen MR) is 88.2 cm³/mol. The number of hydrogen-bond acceptors (Lipinski definition) is 4. The summed E-state index contributed by atoms with van der Waals surface area (Å²) in [5, 5.41) is 0.393. The summed E-state index contributed by atoms with van der Waals surface area (Å²) in [5.74, 6) is -0.804. The largest absolute Gasteiger partial charge is 0.295 e. The molecule has 7 heteroatoms. The van der Waals surface area contributed by atoms with Gasteiger partial charge in [-0.25, -0.2) is 12.7 Å². The predicted octanol–water partition coefficient (Wildman–Crippen LogP) is 3.28. The highest BCUT2D eigenvalue weighted by atomic mass is 35.5. The maximum absolute atomic E-state index is 12.7. The molecule has 0 aromatic heterocycles. The lowest BCUT2D eigenvalue weighted by Crippen LogP contribution is -2.35. The molecule has 0 aliphatic carbocycles. The van der Waals surface area contributed by atoms with E-state index in [0.717, 1.165) is 6.92 Å². The number of anilines is 1. The number of carbonyl (C=O) groups excluding carboxylic acids is 2. The van der Waals surface area contributed by atoms with Crippen LogP contribution in [0.5, 0.6) is 0 Å². The van der Waals surface area contributed by atoms with Crippen LogP contribution < -0.4 is 4.31 Å². The molecule has 0 atom stereocenters. The van der Waals surface area contributed by atoms with E-state index < -0.39 is 15.9 Å². The molecule has 120 valence electrons. The van der Waals surface area contributed by atoms with Crippen molar-refractivity contribution in [3.05, 3.63) is 59.1 Å². The summed E-state index contributed by atoms with van der Waals surface area (Å²) < 4.78 is 26.1. The second-order valence-electron chi connectivity index (χ2n) is 4.85. The Balaban J connectivity index is 2.51. The van der Waals surface area contributed by atoms with Crippen LogP contribution in [0.2, 0.25) is 5.02 Å². The molecule has 0 saturated heterocycles. The molecule has 0 spiro atoms. The van der Waals surface area contributed by atoms with Crippen molar-refractivity contribution < 1.29 is 18.0 Å². The van der Waals surface area contributed by atoms with E-state index in [2.05, 4.69) is 0 Å². The quantitative estimate of drug-likeness (QED) is 0.792. The number of ketones is 1. The molecule has 0 heterocycles. The maximum Gasteiger partial charge on any atom is 0.270 e. The molecule has 0 unspecified atom stereocenters. The third kappa shape index (κ3) is 3.60. The average molecular weight is 352 g/mol. The van der Waals surface area contributed by atoms with Gasteiger partial charge in [-0.2, -0.15) is 0 Å². The first-order valence-corrected chi connectivity index (χ1v) is 8.48. The Kier molecular flexibility index (Phi) is 4.87. The average Bonchev–Trinajstić information content (AvgIpc) is 2.47. The molecule has 0 fully saturated rings. The van der Waals surface area contributed by atoms with E-state index in [4.69, 9.17) is 11.6 Å². The van der Waals surface area contributed by atoms with Crippen molar-refractivity contribution in [2.45, 2.75) is 18.7 Å². The normalized spacial score (nSPS) is 11.1. The first-order valence-electron chi connectivity index (χ1n) is 6.66. The summed E-state index contributed by atoms with van der Waals surface area (Å²) in [5.41, 5.74) is 0.596. The Bertz CT molecular complexity index is 843. The van der Waals surface area contributed by atoms with Gasteiger partial charge in [0.2, 0.25) is 5.91 Å². The van der Waals surface area contributed by atoms with Crippen molar-refractivity contribution in [2.75, 3.05) is 4.31 Å². The van der Waals surface area contributed by atoms with Crippen LogP contribution in [0, 0.1) is 0 Å². The van der Waals surface area contributed by atoms with Gasteiger partial charge < -0.3 is 0 Å². The molecule has 2 aromatic rings. The Labute approximate surface area is 139 Å². The molecule has 23 heavy (non-hydrogen) atoms. The lowest BCUT2D eigenvalue weighted by Gasteiger charge is -2.21. The Morgan fingerprint density at radius 1 is 0.913 bits per heavy atom. The molecule has 0 bridgehead atoms. The van der Waals surface area contributed by atoms with Gasteiger partial charge in [0, 0.05) is 17.5 Å². The lowest BCUT2D eigenvalue weighted by molar-refractivity contribution is -0.115. The highest BCUT2D eigenvalue weighted by molar-refractivity contribution is 7.93. The first kappa shape index (κ1) is 17.2. The number of hydrogen-bond donors (Lipinski definition) is 0. The molecule has 0 aliphatic rings. The van der Waals surface area contributed by atoms with Gasteiger partial charge in [-0.1, -0.05) is 11.6 Å². The zero-order chi connectivity index (χ0) is 17.2. The van der Waals surface area contributed by atoms with Crippen molar-refractivity contribution in [3.63, 3.8) is 0 Å². The Morgan fingerprint density at radius 2 is 1.43 bits per heavy atom. The number of rotatable bonds is 4. The van der Waals surface area contributed by atoms with E-state index >= 15 is 0 Å². The molecule has 0 radical (unpaired) electrons. The molecule has 0 aliphatic heterocycles. The number of Topliss-reactive ketones (excluding diaryl/α,β-unsaturated/α-hetero) is 1. The van der Waals surface area contributed by atoms with Gasteiger partial charge >= 0.3 is 0 Å². The molecule has 2 rings (SSSR count). The van der Waals surface area contributed by atoms with Crippen molar-refractivity contribution in [3.8, 4) is 0 Å². The maximum atomic E-state index is 12.7. The molecule has 2 aromatic carbocycles. The SMILES string of the molecule is CC(=O)c1ccc(N(C(C)=O)S(=O)(=O)c2ccc(Cl)cc2)cc1. The molecular weight excluding hydrogens is 338 g/mol. The van der Waals surface area contributed by atoms with E-state index in [-0.39, 0.29) is 16.4 Å². The number of halogens is 1. The number of sulfonamides is 1. The Hall–Kier alpha value is -2.18. The van der Waals surface area contributed by atoms with E-state index in [1.807, 2.05) is 0 Å². The summed E-state index contributed by atoms with van der Waals surface area (Å²) in [7, 11) is -4.06. The van der Waals surface area contributed by atoms with Crippen molar-refractivity contribution in [2.24, 2.45) is 0 Å². The van der Waals surface area contributed by atoms with E-state index in [9.17, 15) is 18.0 Å². The highest BCUT2D eigenvalue weighted by Crippen LogP contribution is 2.25. The van der Waals surface area contributed by atoms with Crippen molar-refractivity contribution >= 4 is 39.0 Å². The summed E-state index contributed by atoms with van der Waals surface area (Å²) in [4.78, 5) is 23.2. The standard InChI is InChI=1S/C16H14ClNO4S/c1-11(19)13-3-7-15(8-4-13)18(12(2)20)23(21,22)16-9-5-14(17)6-10-16/h3-10H,1-2H3. The van der Waals surface area contributed by atoms with Gasteiger partial charge in [0.25, 0.3) is 10.0 Å². The minimum Gasteiger partial charge on any atom is -0.295 e. The third-order valence-corrected chi connectivity index (χ3v) is 5.21. The molecule has 0 N–H and O–H groups in total. The molecule has 1 amide bonds. The van der Waals surface area contributed by atoms with Gasteiger partial charge in [0.1, 0.15) is 0 Å². The van der Waals surface area contributed by atoms with Gasteiger partial charge in [-0.3, -0.25) is 9.59 Å². The molecule has 5 nitrogen and oxygen atoms in total. The van der Waals surface area contributed by atoms with Crippen LogP contribution in [-0.4, -0.2) is 20.1 Å². The van der Waals surface area contributed by atoms with Crippen LogP contribution in [0.4, 0.5) is 5.69 Å². The van der Waals surface area contributed by atoms with Crippen molar-refractivity contribution in [1.82, 2.24) is 0 Å². The van der Waals surface area contributed by atoms with Crippen LogP contribution >= 0.6 is 11.6 Å². The summed E-state index contributed by atoms with van der Waals surface area (Å²) in [6, 6.07) is 11.3. The highest BCUT2D eigenvalue weighted by Gasteiger charge is 2.28. The lowest BCUT2D eigenvalue weighted by atomic mass is 10.1. The minimum absolute atomic E-state index is 0.0484. The minimum atomic E-state index is -4.06. The topological polar surface area (TPSA) is 71.5 Å². The number of amides is 1. The summed E-state index contributed by atoms with van der Waals surface area (Å²) >= 11 is 5.76. The fourth-order valence-electron chi connectivity index (χ4n) is 2.03. The summed E-state index contributed by atoms with van der Waals surface area (Å²) in [6.45, 7) is 2.56. The van der Waals surface area contributed by atoms with Crippen LogP contribution in [0.1, 0.15) is 24.2 Å². The number of carbonyl (C=O) groups is 2. The fourth-order valence-corrected chi connectivity index (χ4v) is 3.59. The van der Waals surface area contributed by atoms with E-state index in [0.29, 0.717) is 14.9 Å². The molecule has 0 saturated carbocycles. The second kappa shape index (κ2) is 6.52. The van der Waals surface area contributed by atoms with Crippen LogP contribution in [0.25, 0.3) is 0 Å². The third-order valence-electron chi connectivity index (χ3n) is 3.15. The van der Waals surface area contributed by atoms with Crippen LogP contribution in [0.3, 0.4) is 0 Å². The van der Waals surface area contributed by atoms with Crippen LogP contribution in [-0.2, 0) is 14.8 Å². The zero-order valence-electron chi connectivity index (χ0n) is 12.5. The zero-order valence-corrected chi connectivity index (χ0v) is 14.1. The summed E-state index contributed by atoms with van der Waals surface area (Å²) in [6.07, 6.45) is 0. The number of nitrogens with zero attached hydrogens (tertiary/aromatic N) is 1. The van der Waals surface area contributed by atoms with E-state index in [1.165, 1.54) is 55.5 Å². The Morgan fingerprint density at radius 3 is 1.87 bits per heavy atom. The van der Waals surface area contributed by atoms with Crippen LogP contribution in [0.15, 0.2) is 53.4 Å². The first-order chi connectivity index (χ1) is 10.7. The monoisotopic (exact) mass is 351 g/mol. The van der Waals surface area contributed by atoms with Gasteiger partial charge in [0.05, 0.1) is 10.6 Å². The van der Waals surface area contributed by atoms with E-state index in [1.54, 1.807) is 0 Å². The molecular formula is C16H14ClNO4S. The number of benzene rings is 2.